The zero-order valence-electron chi connectivity index (χ0n) is 21.9. The number of aromatic nitrogens is 3. The monoisotopic (exact) mass is 474 g/mol. The molecule has 0 bridgehead atoms. The van der Waals surface area contributed by atoms with Gasteiger partial charge in [-0.3, -0.25) is 14.7 Å². The summed E-state index contributed by atoms with van der Waals surface area (Å²) in [6, 6.07) is 0. The molecule has 1 aromatic rings. The summed E-state index contributed by atoms with van der Waals surface area (Å²) in [6.07, 6.45) is 0. The van der Waals surface area contributed by atoms with Gasteiger partial charge in [0.25, 0.3) is 0 Å². The van der Waals surface area contributed by atoms with E-state index < -0.39 is 34.3 Å². The van der Waals surface area contributed by atoms with Crippen LogP contribution >= 0.6 is 0 Å². The average Bonchev–Trinajstić information content (AvgIpc) is 2.35. The van der Waals surface area contributed by atoms with Gasteiger partial charge in [0.1, 0.15) is 34.3 Å². The molecule has 0 aliphatic heterocycles. The lowest BCUT2D eigenvalue weighted by Gasteiger charge is -2.46. The predicted octanol–water partition coefficient (Wildman–Crippen LogP) is 0.661. The van der Waals surface area contributed by atoms with Gasteiger partial charge in [0.05, 0.1) is 0 Å². The maximum absolute atomic E-state index is 10.8. The Labute approximate surface area is 196 Å². The van der Waals surface area contributed by atoms with E-state index in [0.717, 1.165) is 14.7 Å². The van der Waals surface area contributed by atoms with Gasteiger partial charge in [0.2, 0.25) is 17.8 Å². The molecule has 0 aliphatic rings. The second kappa shape index (κ2) is 8.43. The smallest absolute Gasteiger partial charge is 0.236 e. The highest BCUT2D eigenvalue weighted by Crippen LogP contribution is 2.35. The number of rotatable bonds is 9. The molecule has 1 heterocycles. The van der Waals surface area contributed by atoms with Gasteiger partial charge in [-0.15, -0.1) is 0 Å². The molecule has 0 fully saturated rings. The van der Waals surface area contributed by atoms with Crippen LogP contribution in [0.4, 0.5) is 17.8 Å². The first-order chi connectivity index (χ1) is 14.2. The summed E-state index contributed by atoms with van der Waals surface area (Å²) in [5.74, 6) is -0.689. The molecule has 33 heavy (non-hydrogen) atoms. The third kappa shape index (κ3) is 7.08. The molecule has 0 amide bonds. The molecular weight excluding hydrogens is 432 g/mol. The van der Waals surface area contributed by atoms with Crippen LogP contribution in [0.5, 0.6) is 0 Å². The van der Waals surface area contributed by atoms with Gasteiger partial charge in [-0.05, 0) is 83.1 Å². The predicted molar refractivity (Wildman–Crippen MR) is 125 cm³/mol. The number of hydrogen-bond donors (Lipinski definition) is 6. The van der Waals surface area contributed by atoms with Gasteiger partial charge in [-0.2, -0.15) is 15.0 Å². The first-order valence-corrected chi connectivity index (χ1v) is 10.7. The van der Waals surface area contributed by atoms with Crippen molar-refractivity contribution < 1.29 is 30.6 Å². The van der Waals surface area contributed by atoms with Crippen LogP contribution < -0.4 is 14.7 Å². The van der Waals surface area contributed by atoms with E-state index in [2.05, 4.69) is 15.0 Å². The molecular formula is C21H42N6O6. The first-order valence-electron chi connectivity index (χ1n) is 10.7. The topological polar surface area (TPSA) is 170 Å². The molecule has 1 aromatic heterocycles. The molecule has 0 saturated carbocycles. The minimum absolute atomic E-state index is 0.230. The number of nitrogens with zero attached hydrogens (tertiary/aromatic N) is 6. The summed E-state index contributed by atoms with van der Waals surface area (Å²) < 4.78 is 0. The van der Waals surface area contributed by atoms with Crippen molar-refractivity contribution in [2.45, 2.75) is 117 Å². The van der Waals surface area contributed by atoms with E-state index in [1.165, 1.54) is 83.1 Å². The summed E-state index contributed by atoms with van der Waals surface area (Å²) in [4.78, 5) is 16.4. The van der Waals surface area contributed by atoms with Gasteiger partial charge in [-0.25, -0.2) is 0 Å². The zero-order chi connectivity index (χ0) is 26.6. The normalized spacial score (nSPS) is 14.4. The third-order valence-corrected chi connectivity index (χ3v) is 4.48. The van der Waals surface area contributed by atoms with Crippen molar-refractivity contribution in [3.05, 3.63) is 0 Å². The van der Waals surface area contributed by atoms with E-state index in [1.807, 2.05) is 0 Å². The Balaban J connectivity index is 4.16. The van der Waals surface area contributed by atoms with Crippen molar-refractivity contribution in [2.75, 3.05) is 14.7 Å². The van der Waals surface area contributed by atoms with Crippen molar-refractivity contribution in [1.29, 1.82) is 0 Å². The van der Waals surface area contributed by atoms with Gasteiger partial charge >= 0.3 is 0 Å². The number of anilines is 3. The fourth-order valence-electron chi connectivity index (χ4n) is 4.12. The lowest BCUT2D eigenvalue weighted by molar-refractivity contribution is -0.0252. The van der Waals surface area contributed by atoms with Crippen LogP contribution in [-0.2, 0) is 0 Å². The zero-order valence-corrected chi connectivity index (χ0v) is 21.9. The molecule has 0 atom stereocenters. The molecule has 12 heteroatoms. The molecule has 0 spiro atoms. The summed E-state index contributed by atoms with van der Waals surface area (Å²) in [5, 5.41) is 64.8. The Kier molecular flexibility index (Phi) is 7.46. The van der Waals surface area contributed by atoms with Crippen LogP contribution in [-0.4, -0.2) is 79.9 Å². The minimum Gasteiger partial charge on any atom is -0.371 e. The van der Waals surface area contributed by atoms with Crippen LogP contribution in [0.1, 0.15) is 83.1 Å². The molecule has 0 aliphatic carbocycles. The molecule has 6 N–H and O–H groups in total. The van der Waals surface area contributed by atoms with Crippen molar-refractivity contribution in [2.24, 2.45) is 0 Å². The van der Waals surface area contributed by atoms with E-state index in [9.17, 15) is 30.6 Å². The molecule has 0 aromatic carbocycles. The summed E-state index contributed by atoms with van der Waals surface area (Å²) >= 11 is 0. The third-order valence-electron chi connectivity index (χ3n) is 4.48. The van der Waals surface area contributed by atoms with E-state index in [0.29, 0.717) is 0 Å². The maximum atomic E-state index is 10.8. The Morgan fingerprint density at radius 3 is 0.576 bits per heavy atom. The van der Waals surface area contributed by atoms with Crippen LogP contribution in [0.3, 0.4) is 0 Å². The SMILES string of the molecule is CC(C)(O)N(c1nc(N(C(C)(C)O)C(C)(C)O)nc(N(C(C)(C)O)C(C)(C)O)n1)C(C)(C)O. The highest BCUT2D eigenvalue weighted by Gasteiger charge is 2.44. The highest BCUT2D eigenvalue weighted by molar-refractivity contribution is 5.51. The van der Waals surface area contributed by atoms with E-state index in [4.69, 9.17) is 0 Å². The number of aliphatic hydroxyl groups is 6. The average molecular weight is 475 g/mol. The van der Waals surface area contributed by atoms with E-state index in [-0.39, 0.29) is 17.8 Å². The van der Waals surface area contributed by atoms with Crippen LogP contribution in [0.2, 0.25) is 0 Å². The second-order valence-electron chi connectivity index (χ2n) is 11.2. The van der Waals surface area contributed by atoms with Crippen LogP contribution in [0.25, 0.3) is 0 Å². The van der Waals surface area contributed by atoms with E-state index >= 15 is 0 Å². The van der Waals surface area contributed by atoms with Gasteiger partial charge in [0, 0.05) is 0 Å². The molecule has 0 radical (unpaired) electrons. The maximum Gasteiger partial charge on any atom is 0.236 e. The summed E-state index contributed by atoms with van der Waals surface area (Å²) in [7, 11) is 0. The molecule has 1 rings (SSSR count). The fourth-order valence-corrected chi connectivity index (χ4v) is 4.12. The second-order valence-corrected chi connectivity index (χ2v) is 11.2. The van der Waals surface area contributed by atoms with Gasteiger partial charge in [-0.1, -0.05) is 0 Å². The quantitative estimate of drug-likeness (QED) is 0.277. The summed E-state index contributed by atoms with van der Waals surface area (Å²) in [6.45, 7) is 17.0. The molecule has 0 unspecified atom stereocenters. The standard InChI is InChI=1S/C21H42N6O6/c1-16(2,28)25(17(3,4)29)13-22-14(26(18(5,6)30)19(7,8)31)24-15(23-13)27(20(9,10)32)21(11,12)33/h28-33H,1-12H3. The van der Waals surface area contributed by atoms with Gasteiger partial charge < -0.3 is 30.6 Å². The largest absolute Gasteiger partial charge is 0.371 e. The Bertz CT molecular complexity index is 659. The van der Waals surface area contributed by atoms with Crippen molar-refractivity contribution >= 4 is 17.8 Å². The summed E-state index contributed by atoms with van der Waals surface area (Å²) in [5.41, 5.74) is -10.0. The lowest BCUT2D eigenvalue weighted by Crippen LogP contribution is -2.60. The Morgan fingerprint density at radius 1 is 0.364 bits per heavy atom. The van der Waals surface area contributed by atoms with Crippen molar-refractivity contribution in [3.63, 3.8) is 0 Å². The minimum atomic E-state index is -1.67. The number of hydrogen-bond acceptors (Lipinski definition) is 12. The molecule has 0 saturated heterocycles. The van der Waals surface area contributed by atoms with E-state index in [1.54, 1.807) is 0 Å². The van der Waals surface area contributed by atoms with Gasteiger partial charge in [0.15, 0.2) is 0 Å². The van der Waals surface area contributed by atoms with Crippen molar-refractivity contribution in [1.82, 2.24) is 15.0 Å². The molecule has 12 nitrogen and oxygen atoms in total. The lowest BCUT2D eigenvalue weighted by atomic mass is 10.1. The molecule has 192 valence electrons. The first kappa shape index (κ1) is 29.2. The fraction of sp³-hybridized carbons (Fsp3) is 0.857. The Hall–Kier alpha value is -1.83. The van der Waals surface area contributed by atoms with Crippen molar-refractivity contribution in [3.8, 4) is 0 Å². The van der Waals surface area contributed by atoms with Crippen LogP contribution in [0.15, 0.2) is 0 Å². The highest BCUT2D eigenvalue weighted by atomic mass is 16.4. The van der Waals surface area contributed by atoms with Crippen LogP contribution in [0, 0.1) is 0 Å². The Morgan fingerprint density at radius 2 is 0.485 bits per heavy atom.